The van der Waals surface area contributed by atoms with Crippen molar-refractivity contribution in [2.75, 3.05) is 32.6 Å². The van der Waals surface area contributed by atoms with Crippen LogP contribution in [0.2, 0.25) is 0 Å². The van der Waals surface area contributed by atoms with E-state index < -0.39 is 0 Å². The Morgan fingerprint density at radius 2 is 1.83 bits per heavy atom. The molecule has 124 valence electrons. The summed E-state index contributed by atoms with van der Waals surface area (Å²) in [7, 11) is 3.10. The molecule has 24 heavy (non-hydrogen) atoms. The highest BCUT2D eigenvalue weighted by Gasteiger charge is 2.12. The minimum Gasteiger partial charge on any atom is -0.493 e. The summed E-state index contributed by atoms with van der Waals surface area (Å²) >= 11 is 0. The zero-order valence-corrected chi connectivity index (χ0v) is 13.6. The molecule has 2 aromatic rings. The lowest BCUT2D eigenvalue weighted by molar-refractivity contribution is 0.102. The van der Waals surface area contributed by atoms with Crippen LogP contribution in [0.3, 0.4) is 0 Å². The van der Waals surface area contributed by atoms with Crippen molar-refractivity contribution < 1.29 is 14.3 Å². The van der Waals surface area contributed by atoms with Crippen LogP contribution in [0.1, 0.15) is 15.9 Å². The third-order valence-electron chi connectivity index (χ3n) is 3.74. The highest BCUT2D eigenvalue weighted by molar-refractivity contribution is 6.05. The smallest absolute Gasteiger partial charge is 0.255 e. The maximum atomic E-state index is 12.4. The molecule has 6 heteroatoms. The fraction of sp³-hybridized carbons (Fsp3) is 0.222. The lowest BCUT2D eigenvalue weighted by Gasteiger charge is -2.10. The largest absolute Gasteiger partial charge is 0.493 e. The summed E-state index contributed by atoms with van der Waals surface area (Å²) in [6.45, 7) is 1.67. The highest BCUT2D eigenvalue weighted by Crippen LogP contribution is 2.27. The van der Waals surface area contributed by atoms with Crippen molar-refractivity contribution in [3.05, 3.63) is 53.6 Å². The first-order chi connectivity index (χ1) is 11.7. The summed E-state index contributed by atoms with van der Waals surface area (Å²) in [5.74, 6) is 1.79. The molecule has 0 spiro atoms. The minimum atomic E-state index is -0.208. The highest BCUT2D eigenvalue weighted by atomic mass is 16.5. The number of rotatable bonds is 5. The first-order valence-corrected chi connectivity index (χ1v) is 7.63. The van der Waals surface area contributed by atoms with E-state index in [1.54, 1.807) is 25.3 Å². The maximum absolute atomic E-state index is 12.4. The molecule has 0 unspecified atom stereocenters. The van der Waals surface area contributed by atoms with Crippen LogP contribution in [0.15, 0.2) is 47.5 Å². The van der Waals surface area contributed by atoms with Gasteiger partial charge in [-0.1, -0.05) is 0 Å². The number of anilines is 1. The molecule has 0 radical (unpaired) electrons. The second kappa shape index (κ2) is 7.04. The van der Waals surface area contributed by atoms with E-state index in [0.717, 1.165) is 30.2 Å². The Labute approximate surface area is 140 Å². The Balaban J connectivity index is 1.72. The van der Waals surface area contributed by atoms with Crippen LogP contribution in [0, 0.1) is 0 Å². The molecule has 0 atom stereocenters. The van der Waals surface area contributed by atoms with Gasteiger partial charge in [-0.15, -0.1) is 0 Å². The van der Waals surface area contributed by atoms with Gasteiger partial charge in [0.05, 0.1) is 20.8 Å². The Morgan fingerprint density at radius 3 is 2.46 bits per heavy atom. The zero-order valence-electron chi connectivity index (χ0n) is 13.6. The molecule has 1 aliphatic rings. The fourth-order valence-electron chi connectivity index (χ4n) is 2.48. The van der Waals surface area contributed by atoms with Gasteiger partial charge in [0.25, 0.3) is 5.91 Å². The van der Waals surface area contributed by atoms with Crippen molar-refractivity contribution in [3.63, 3.8) is 0 Å². The number of ether oxygens (including phenoxy) is 2. The van der Waals surface area contributed by atoms with Gasteiger partial charge < -0.3 is 20.1 Å². The number of amides is 1. The van der Waals surface area contributed by atoms with Crippen molar-refractivity contribution in [1.29, 1.82) is 0 Å². The molecule has 0 fully saturated rings. The monoisotopic (exact) mass is 325 g/mol. The van der Waals surface area contributed by atoms with E-state index in [1.165, 1.54) is 7.11 Å². The Kier molecular flexibility index (Phi) is 4.65. The van der Waals surface area contributed by atoms with Crippen LogP contribution in [0.4, 0.5) is 5.69 Å². The fourth-order valence-corrected chi connectivity index (χ4v) is 2.48. The average molecular weight is 325 g/mol. The van der Waals surface area contributed by atoms with E-state index in [0.29, 0.717) is 17.1 Å². The number of aliphatic imine (C=N–C) groups is 1. The van der Waals surface area contributed by atoms with E-state index >= 15 is 0 Å². The molecular formula is C18H19N3O3. The van der Waals surface area contributed by atoms with Crippen LogP contribution >= 0.6 is 0 Å². The molecular weight excluding hydrogens is 306 g/mol. The average Bonchev–Trinajstić information content (AvgIpc) is 3.16. The number of benzene rings is 2. The molecule has 0 saturated heterocycles. The lowest BCUT2D eigenvalue weighted by Crippen LogP contribution is -2.19. The summed E-state index contributed by atoms with van der Waals surface area (Å²) in [6, 6.07) is 12.6. The van der Waals surface area contributed by atoms with Crippen LogP contribution in [-0.4, -0.2) is 39.1 Å². The SMILES string of the molecule is COc1ccc(C(=O)Nc2ccc(C3=NCCN3)cc2)cc1OC. The van der Waals surface area contributed by atoms with Gasteiger partial charge >= 0.3 is 0 Å². The predicted molar refractivity (Wildman–Crippen MR) is 93.3 cm³/mol. The predicted octanol–water partition coefficient (Wildman–Crippen LogP) is 2.31. The zero-order chi connectivity index (χ0) is 16.9. The number of methoxy groups -OCH3 is 2. The molecule has 0 aliphatic carbocycles. The van der Waals surface area contributed by atoms with E-state index in [9.17, 15) is 4.79 Å². The molecule has 0 bridgehead atoms. The molecule has 1 aliphatic heterocycles. The second-order valence-electron chi connectivity index (χ2n) is 5.26. The van der Waals surface area contributed by atoms with E-state index in [-0.39, 0.29) is 5.91 Å². The van der Waals surface area contributed by atoms with Crippen LogP contribution in [0.5, 0.6) is 11.5 Å². The normalized spacial score (nSPS) is 13.0. The second-order valence-corrected chi connectivity index (χ2v) is 5.26. The third kappa shape index (κ3) is 3.32. The molecule has 6 nitrogen and oxygen atoms in total. The Hall–Kier alpha value is -3.02. The van der Waals surface area contributed by atoms with Crippen molar-refractivity contribution >= 4 is 17.4 Å². The van der Waals surface area contributed by atoms with Gasteiger partial charge in [-0.3, -0.25) is 9.79 Å². The lowest BCUT2D eigenvalue weighted by atomic mass is 10.1. The Bertz CT molecular complexity index is 770. The van der Waals surface area contributed by atoms with Gasteiger partial charge in [0.2, 0.25) is 0 Å². The number of carbonyl (C=O) groups is 1. The van der Waals surface area contributed by atoms with Gasteiger partial charge in [-0.25, -0.2) is 0 Å². The van der Waals surface area contributed by atoms with E-state index in [1.807, 2.05) is 24.3 Å². The molecule has 0 saturated carbocycles. The van der Waals surface area contributed by atoms with Gasteiger partial charge in [0, 0.05) is 23.4 Å². The first kappa shape index (κ1) is 15.9. The summed E-state index contributed by atoms with van der Waals surface area (Å²) in [4.78, 5) is 16.8. The number of nitrogens with zero attached hydrogens (tertiary/aromatic N) is 1. The maximum Gasteiger partial charge on any atom is 0.255 e. The molecule has 3 rings (SSSR count). The summed E-state index contributed by atoms with van der Waals surface area (Å²) in [5.41, 5.74) is 2.23. The van der Waals surface area contributed by atoms with Crippen molar-refractivity contribution in [3.8, 4) is 11.5 Å². The third-order valence-corrected chi connectivity index (χ3v) is 3.74. The molecule has 1 heterocycles. The quantitative estimate of drug-likeness (QED) is 0.885. The van der Waals surface area contributed by atoms with Crippen molar-refractivity contribution in [2.24, 2.45) is 4.99 Å². The molecule has 0 aromatic heterocycles. The van der Waals surface area contributed by atoms with Gasteiger partial charge in [0.1, 0.15) is 5.84 Å². The van der Waals surface area contributed by atoms with Gasteiger partial charge in [-0.05, 0) is 42.5 Å². The van der Waals surface area contributed by atoms with Crippen LogP contribution in [0.25, 0.3) is 0 Å². The molecule has 2 aromatic carbocycles. The van der Waals surface area contributed by atoms with Crippen LogP contribution in [-0.2, 0) is 0 Å². The Morgan fingerprint density at radius 1 is 1.08 bits per heavy atom. The topological polar surface area (TPSA) is 72.0 Å². The van der Waals surface area contributed by atoms with Crippen molar-refractivity contribution in [1.82, 2.24) is 5.32 Å². The summed E-state index contributed by atoms with van der Waals surface area (Å²) in [6.07, 6.45) is 0. The number of carbonyl (C=O) groups excluding carboxylic acids is 1. The number of hydrogen-bond donors (Lipinski definition) is 2. The van der Waals surface area contributed by atoms with E-state index in [4.69, 9.17) is 9.47 Å². The van der Waals surface area contributed by atoms with Gasteiger partial charge in [0.15, 0.2) is 11.5 Å². The van der Waals surface area contributed by atoms with Crippen LogP contribution < -0.4 is 20.1 Å². The standard InChI is InChI=1S/C18H19N3O3/c1-23-15-8-5-13(11-16(15)24-2)18(22)21-14-6-3-12(4-7-14)17-19-9-10-20-17/h3-8,11H,9-10H2,1-2H3,(H,19,20)(H,21,22). The minimum absolute atomic E-state index is 0.208. The summed E-state index contributed by atoms with van der Waals surface area (Å²) in [5, 5.41) is 6.09. The number of amidine groups is 1. The molecule has 1 amide bonds. The number of hydrogen-bond acceptors (Lipinski definition) is 5. The van der Waals surface area contributed by atoms with Crippen molar-refractivity contribution in [2.45, 2.75) is 0 Å². The molecule has 2 N–H and O–H groups in total. The van der Waals surface area contributed by atoms with Gasteiger partial charge in [-0.2, -0.15) is 0 Å². The van der Waals surface area contributed by atoms with E-state index in [2.05, 4.69) is 15.6 Å². The summed E-state index contributed by atoms with van der Waals surface area (Å²) < 4.78 is 10.4. The number of nitrogens with one attached hydrogen (secondary N) is 2. The first-order valence-electron chi connectivity index (χ1n) is 7.63.